The molecule has 2 amide bonds. The minimum atomic E-state index is -0.337. The fourth-order valence-corrected chi connectivity index (χ4v) is 3.58. The third kappa shape index (κ3) is 3.80. The van der Waals surface area contributed by atoms with E-state index in [0.717, 1.165) is 22.5 Å². The van der Waals surface area contributed by atoms with Crippen LogP contribution >= 0.6 is 0 Å². The molecule has 3 aromatic rings. The highest BCUT2D eigenvalue weighted by atomic mass is 16.2. The van der Waals surface area contributed by atoms with Crippen molar-refractivity contribution in [2.24, 2.45) is 7.05 Å². The maximum Gasteiger partial charge on any atom is 0.226 e. The van der Waals surface area contributed by atoms with Crippen LogP contribution in [0.15, 0.2) is 61.1 Å². The van der Waals surface area contributed by atoms with Crippen LogP contribution in [0.2, 0.25) is 0 Å². The van der Waals surface area contributed by atoms with E-state index in [1.54, 1.807) is 17.4 Å². The van der Waals surface area contributed by atoms with Crippen molar-refractivity contribution in [3.63, 3.8) is 0 Å². The van der Waals surface area contributed by atoms with Crippen LogP contribution in [0.5, 0.6) is 0 Å². The lowest BCUT2D eigenvalue weighted by atomic mass is 9.93. The lowest BCUT2D eigenvalue weighted by Gasteiger charge is -2.32. The molecule has 0 radical (unpaired) electrons. The molecule has 0 unspecified atom stereocenters. The number of carbonyl (C=O) groups is 2. The number of carbonyl (C=O) groups excluding carboxylic acids is 2. The van der Waals surface area contributed by atoms with Crippen LogP contribution in [-0.4, -0.2) is 31.5 Å². The average molecular weight is 387 g/mol. The van der Waals surface area contributed by atoms with E-state index < -0.39 is 0 Å². The molecule has 0 saturated heterocycles. The molecule has 0 saturated carbocycles. The number of hydrogen-bond donors (Lipinski definition) is 1. The van der Waals surface area contributed by atoms with Gasteiger partial charge in [0.2, 0.25) is 11.8 Å². The summed E-state index contributed by atoms with van der Waals surface area (Å²) >= 11 is 0. The van der Waals surface area contributed by atoms with Gasteiger partial charge in [0.1, 0.15) is 6.33 Å². The summed E-state index contributed by atoms with van der Waals surface area (Å²) < 4.78 is 1.82. The van der Waals surface area contributed by atoms with E-state index in [1.165, 1.54) is 6.92 Å². The molecule has 4 rings (SSSR count). The number of aryl methyl sites for hydroxylation is 1. The van der Waals surface area contributed by atoms with E-state index in [2.05, 4.69) is 15.5 Å². The van der Waals surface area contributed by atoms with Crippen molar-refractivity contribution >= 4 is 23.6 Å². The quantitative estimate of drug-likeness (QED) is 0.744. The van der Waals surface area contributed by atoms with Gasteiger partial charge in [-0.2, -0.15) is 0 Å². The molecule has 2 heterocycles. The van der Waals surface area contributed by atoms with Gasteiger partial charge in [0, 0.05) is 31.4 Å². The predicted octanol–water partition coefficient (Wildman–Crippen LogP) is 3.38. The summed E-state index contributed by atoms with van der Waals surface area (Å²) in [5, 5.41) is 10.9. The molecule has 0 aliphatic carbocycles. The van der Waals surface area contributed by atoms with E-state index in [0.29, 0.717) is 5.69 Å². The Hall–Kier alpha value is -3.74. The van der Waals surface area contributed by atoms with E-state index in [9.17, 15) is 9.59 Å². The summed E-state index contributed by atoms with van der Waals surface area (Å²) in [6.07, 6.45) is 5.44. The second-order valence-corrected chi connectivity index (χ2v) is 6.99. The van der Waals surface area contributed by atoms with Crippen LogP contribution < -0.4 is 5.32 Å². The Balaban J connectivity index is 1.54. The molecule has 1 aliphatic heterocycles. The fraction of sp³-hybridized carbons (Fsp3) is 0.182. The second-order valence-electron chi connectivity index (χ2n) is 6.99. The minimum Gasteiger partial charge on any atom is -0.326 e. The largest absolute Gasteiger partial charge is 0.326 e. The van der Waals surface area contributed by atoms with Crippen molar-refractivity contribution in [3.8, 4) is 11.4 Å². The maximum atomic E-state index is 12.8. The Morgan fingerprint density at radius 3 is 2.72 bits per heavy atom. The molecular formula is C22H21N5O2. The van der Waals surface area contributed by atoms with Crippen LogP contribution in [0, 0.1) is 0 Å². The predicted molar refractivity (Wildman–Crippen MR) is 110 cm³/mol. The van der Waals surface area contributed by atoms with Crippen molar-refractivity contribution in [1.82, 2.24) is 19.7 Å². The number of hydrogen-bond acceptors (Lipinski definition) is 4. The molecule has 1 aliphatic rings. The van der Waals surface area contributed by atoms with Crippen LogP contribution in [0.3, 0.4) is 0 Å². The highest BCUT2D eigenvalue weighted by Gasteiger charge is 2.28. The Labute approximate surface area is 168 Å². The molecule has 7 nitrogen and oxygen atoms in total. The zero-order valence-corrected chi connectivity index (χ0v) is 16.2. The summed E-state index contributed by atoms with van der Waals surface area (Å²) in [6, 6.07) is 14.9. The number of nitrogens with zero attached hydrogens (tertiary/aromatic N) is 4. The van der Waals surface area contributed by atoms with Crippen molar-refractivity contribution < 1.29 is 9.59 Å². The van der Waals surface area contributed by atoms with Gasteiger partial charge in [0.05, 0.1) is 12.5 Å². The SMILES string of the molecule is CC(=O)N1C=Cc2ccccc2[C@@H]1CC(=O)Nc1cccc(-c2nncn2C)c1. The monoisotopic (exact) mass is 387 g/mol. The number of benzene rings is 2. The van der Waals surface area contributed by atoms with Crippen LogP contribution in [0.1, 0.15) is 30.5 Å². The van der Waals surface area contributed by atoms with Gasteiger partial charge in [-0.25, -0.2) is 0 Å². The number of amides is 2. The summed E-state index contributed by atoms with van der Waals surface area (Å²) in [6.45, 7) is 1.51. The number of rotatable bonds is 4. The van der Waals surface area contributed by atoms with Crippen LogP contribution in [0.25, 0.3) is 17.5 Å². The van der Waals surface area contributed by atoms with E-state index in [4.69, 9.17) is 0 Å². The molecule has 29 heavy (non-hydrogen) atoms. The van der Waals surface area contributed by atoms with Gasteiger partial charge >= 0.3 is 0 Å². The third-order valence-electron chi connectivity index (χ3n) is 4.96. The van der Waals surface area contributed by atoms with Crippen molar-refractivity contribution in [3.05, 3.63) is 72.2 Å². The number of aromatic nitrogens is 3. The zero-order chi connectivity index (χ0) is 20.4. The highest BCUT2D eigenvalue weighted by molar-refractivity contribution is 5.92. The van der Waals surface area contributed by atoms with Gasteiger partial charge < -0.3 is 14.8 Å². The third-order valence-corrected chi connectivity index (χ3v) is 4.96. The Kier molecular flexibility index (Phi) is 4.95. The van der Waals surface area contributed by atoms with E-state index >= 15 is 0 Å². The van der Waals surface area contributed by atoms with Gasteiger partial charge in [-0.3, -0.25) is 9.59 Å². The lowest BCUT2D eigenvalue weighted by molar-refractivity contribution is -0.129. The molecule has 1 N–H and O–H groups in total. The first-order valence-corrected chi connectivity index (χ1v) is 9.33. The Morgan fingerprint density at radius 2 is 1.97 bits per heavy atom. The number of nitrogens with one attached hydrogen (secondary N) is 1. The zero-order valence-electron chi connectivity index (χ0n) is 16.2. The first-order valence-electron chi connectivity index (χ1n) is 9.33. The maximum absolute atomic E-state index is 12.8. The van der Waals surface area contributed by atoms with Gasteiger partial charge in [0.25, 0.3) is 0 Å². The molecule has 1 atom stereocenters. The topological polar surface area (TPSA) is 80.1 Å². The summed E-state index contributed by atoms with van der Waals surface area (Å²) in [5.41, 5.74) is 3.52. The number of fused-ring (bicyclic) bond motifs is 1. The van der Waals surface area contributed by atoms with Crippen LogP contribution in [0.4, 0.5) is 5.69 Å². The lowest BCUT2D eigenvalue weighted by Crippen LogP contribution is -2.33. The van der Waals surface area contributed by atoms with Crippen molar-refractivity contribution in [2.75, 3.05) is 5.32 Å². The molecule has 146 valence electrons. The molecule has 7 heteroatoms. The fourth-order valence-electron chi connectivity index (χ4n) is 3.58. The number of anilines is 1. The van der Waals surface area contributed by atoms with Crippen molar-refractivity contribution in [1.29, 1.82) is 0 Å². The molecular weight excluding hydrogens is 366 g/mol. The summed E-state index contributed by atoms with van der Waals surface area (Å²) in [7, 11) is 1.87. The molecule has 2 aromatic carbocycles. The first kappa shape index (κ1) is 18.6. The van der Waals surface area contributed by atoms with Gasteiger partial charge in [-0.05, 0) is 29.3 Å². The molecule has 1 aromatic heterocycles. The smallest absolute Gasteiger partial charge is 0.226 e. The molecule has 0 spiro atoms. The van der Waals surface area contributed by atoms with E-state index in [-0.39, 0.29) is 24.3 Å². The van der Waals surface area contributed by atoms with Gasteiger partial charge in [-0.15, -0.1) is 10.2 Å². The Morgan fingerprint density at radius 1 is 1.14 bits per heavy atom. The minimum absolute atomic E-state index is 0.0992. The molecule has 0 fully saturated rings. The first-order chi connectivity index (χ1) is 14.0. The van der Waals surface area contributed by atoms with Crippen molar-refractivity contribution in [2.45, 2.75) is 19.4 Å². The van der Waals surface area contributed by atoms with E-state index in [1.807, 2.05) is 66.2 Å². The standard InChI is InChI=1S/C22H21N5O2/c1-15(28)27-11-10-16-6-3-4-9-19(16)20(27)13-21(29)24-18-8-5-7-17(12-18)22-25-23-14-26(22)2/h3-12,14,20H,13H2,1-2H3,(H,24,29)/t20-/m0/s1. The summed E-state index contributed by atoms with van der Waals surface area (Å²) in [4.78, 5) is 26.5. The second kappa shape index (κ2) is 7.71. The van der Waals surface area contributed by atoms with Gasteiger partial charge in [-0.1, -0.05) is 36.4 Å². The summed E-state index contributed by atoms with van der Waals surface area (Å²) in [5.74, 6) is 0.453. The average Bonchev–Trinajstić information content (AvgIpc) is 3.14. The Bertz CT molecular complexity index is 1100. The van der Waals surface area contributed by atoms with Gasteiger partial charge in [0.15, 0.2) is 5.82 Å². The van der Waals surface area contributed by atoms with Crippen LogP contribution in [-0.2, 0) is 16.6 Å². The highest BCUT2D eigenvalue weighted by Crippen LogP contribution is 2.33. The molecule has 0 bridgehead atoms. The normalized spacial score (nSPS) is 15.1.